The highest BCUT2D eigenvalue weighted by Crippen LogP contribution is 2.24. The number of aliphatic carboxylic acids is 2. The number of aromatic nitrogens is 5. The van der Waals surface area contributed by atoms with Crippen molar-refractivity contribution >= 4 is 11.9 Å². The van der Waals surface area contributed by atoms with Crippen LogP contribution in [0.3, 0.4) is 0 Å². The summed E-state index contributed by atoms with van der Waals surface area (Å²) in [6.07, 6.45) is 5.02. The van der Waals surface area contributed by atoms with E-state index < -0.39 is 11.9 Å². The number of carboxylic acids is 2. The zero-order valence-corrected chi connectivity index (χ0v) is 19.4. The monoisotopic (exact) mass is 480 g/mol. The van der Waals surface area contributed by atoms with Gasteiger partial charge in [-0.25, -0.2) is 14.3 Å². The van der Waals surface area contributed by atoms with E-state index in [4.69, 9.17) is 14.9 Å². The van der Waals surface area contributed by atoms with Crippen LogP contribution >= 0.6 is 0 Å². The number of benzene rings is 1. The number of aryl methyl sites for hydroxylation is 1. The average molecular weight is 481 g/mol. The van der Waals surface area contributed by atoms with Crippen LogP contribution in [0, 0.1) is 6.92 Å². The number of hydrogen-bond donors (Lipinski definition) is 2. The Hall–Kier alpha value is -4.12. The highest BCUT2D eigenvalue weighted by atomic mass is 16.5. The summed E-state index contributed by atoms with van der Waals surface area (Å²) in [5.74, 6) is -1.99. The summed E-state index contributed by atoms with van der Waals surface area (Å²) in [6.45, 7) is 5.42. The molecule has 2 aromatic heterocycles. The summed E-state index contributed by atoms with van der Waals surface area (Å²) in [7, 11) is 0. The van der Waals surface area contributed by atoms with Gasteiger partial charge in [0, 0.05) is 37.9 Å². The summed E-state index contributed by atoms with van der Waals surface area (Å²) in [6, 6.07) is 14.7. The van der Waals surface area contributed by atoms with Crippen molar-refractivity contribution in [2.45, 2.75) is 39.0 Å². The first-order chi connectivity index (χ1) is 16.9. The highest BCUT2D eigenvalue weighted by molar-refractivity contribution is 5.89. The molecule has 2 N–H and O–H groups in total. The summed E-state index contributed by atoms with van der Waals surface area (Å²) < 4.78 is 7.77. The molecule has 0 unspecified atom stereocenters. The first-order valence-corrected chi connectivity index (χ1v) is 11.1. The molecule has 184 valence electrons. The van der Waals surface area contributed by atoms with E-state index in [2.05, 4.69) is 55.7 Å². The summed E-state index contributed by atoms with van der Waals surface area (Å²) in [5.41, 5.74) is 3.21. The molecular formula is C24H28N6O5. The molecular weight excluding hydrogens is 452 g/mol. The van der Waals surface area contributed by atoms with Crippen molar-refractivity contribution in [2.75, 3.05) is 13.1 Å². The van der Waals surface area contributed by atoms with Crippen molar-refractivity contribution in [3.05, 3.63) is 77.8 Å². The topological polar surface area (TPSA) is 144 Å². The van der Waals surface area contributed by atoms with Crippen molar-refractivity contribution in [1.29, 1.82) is 0 Å². The number of nitrogens with zero attached hydrogens (tertiary/aromatic N) is 6. The lowest BCUT2D eigenvalue weighted by Crippen LogP contribution is -2.35. The normalized spacial score (nSPS) is 14.3. The number of piperidine rings is 1. The second-order valence-corrected chi connectivity index (χ2v) is 7.97. The molecule has 3 heterocycles. The first kappa shape index (κ1) is 25.5. The molecule has 0 amide bonds. The Kier molecular flexibility index (Phi) is 9.43. The maximum Gasteiger partial charge on any atom is 0.328 e. The number of carbonyl (C=O) groups is 2. The van der Waals surface area contributed by atoms with Gasteiger partial charge in [0.1, 0.15) is 6.61 Å². The largest absolute Gasteiger partial charge is 0.478 e. The van der Waals surface area contributed by atoms with Crippen LogP contribution in [-0.4, -0.2) is 65.3 Å². The molecule has 11 heteroatoms. The fourth-order valence-electron chi connectivity index (χ4n) is 3.59. The molecule has 1 aromatic carbocycles. The molecule has 1 aliphatic heterocycles. The van der Waals surface area contributed by atoms with E-state index in [-0.39, 0.29) is 0 Å². The average Bonchev–Trinajstić information content (AvgIpc) is 3.33. The van der Waals surface area contributed by atoms with Crippen LogP contribution in [0.4, 0.5) is 0 Å². The fourth-order valence-corrected chi connectivity index (χ4v) is 3.59. The van der Waals surface area contributed by atoms with Crippen molar-refractivity contribution < 1.29 is 24.5 Å². The quantitative estimate of drug-likeness (QED) is 0.461. The van der Waals surface area contributed by atoms with Crippen LogP contribution in [0.2, 0.25) is 0 Å². The van der Waals surface area contributed by atoms with Gasteiger partial charge in [-0.3, -0.25) is 4.90 Å². The molecule has 0 atom stereocenters. The molecule has 1 fully saturated rings. The van der Waals surface area contributed by atoms with E-state index in [1.54, 1.807) is 6.20 Å². The van der Waals surface area contributed by atoms with E-state index in [1.165, 1.54) is 5.56 Å². The Labute approximate surface area is 202 Å². The molecule has 11 nitrogen and oxygen atoms in total. The van der Waals surface area contributed by atoms with Crippen molar-refractivity contribution in [3.8, 4) is 5.88 Å². The van der Waals surface area contributed by atoms with Gasteiger partial charge in [-0.05, 0) is 31.4 Å². The number of carboxylic acid groups (broad SMARTS) is 2. The first-order valence-electron chi connectivity index (χ1n) is 11.1. The Morgan fingerprint density at radius 3 is 2.31 bits per heavy atom. The molecule has 3 aromatic rings. The van der Waals surface area contributed by atoms with Gasteiger partial charge in [0.2, 0.25) is 5.88 Å². The van der Waals surface area contributed by atoms with Crippen LogP contribution in [0.15, 0.2) is 60.8 Å². The third-order valence-electron chi connectivity index (χ3n) is 5.31. The van der Waals surface area contributed by atoms with E-state index in [0.717, 1.165) is 43.9 Å². The van der Waals surface area contributed by atoms with Crippen LogP contribution in [0.1, 0.15) is 35.8 Å². The minimum atomic E-state index is -1.26. The highest BCUT2D eigenvalue weighted by Gasteiger charge is 2.23. The minimum absolute atomic E-state index is 0.363. The van der Waals surface area contributed by atoms with Gasteiger partial charge in [-0.1, -0.05) is 35.5 Å². The SMILES string of the molecule is Cc1ccc(OCc2cnnn2C2CCN(Cc3ccccc3)CC2)nn1.O=C(O)/C=C\C(=O)O. The van der Waals surface area contributed by atoms with Crippen LogP contribution < -0.4 is 4.74 Å². The second-order valence-electron chi connectivity index (χ2n) is 7.97. The lowest BCUT2D eigenvalue weighted by Gasteiger charge is -2.32. The van der Waals surface area contributed by atoms with Gasteiger partial charge in [-0.15, -0.1) is 10.2 Å². The van der Waals surface area contributed by atoms with Crippen LogP contribution in [0.25, 0.3) is 0 Å². The second kappa shape index (κ2) is 12.9. The van der Waals surface area contributed by atoms with Gasteiger partial charge < -0.3 is 14.9 Å². The lowest BCUT2D eigenvalue weighted by molar-refractivity contribution is -0.134. The molecule has 1 saturated heterocycles. The maximum atomic E-state index is 9.55. The van der Waals surface area contributed by atoms with Crippen molar-refractivity contribution in [2.24, 2.45) is 0 Å². The smallest absolute Gasteiger partial charge is 0.328 e. The van der Waals surface area contributed by atoms with E-state index in [9.17, 15) is 9.59 Å². The Morgan fingerprint density at radius 1 is 1.03 bits per heavy atom. The predicted octanol–water partition coefficient (Wildman–Crippen LogP) is 2.50. The van der Waals surface area contributed by atoms with Crippen LogP contribution in [-0.2, 0) is 22.7 Å². The summed E-state index contributed by atoms with van der Waals surface area (Å²) in [4.78, 5) is 21.6. The number of ether oxygens (including phenoxy) is 1. The summed E-state index contributed by atoms with van der Waals surface area (Å²) >= 11 is 0. The van der Waals surface area contributed by atoms with Gasteiger partial charge in [-0.2, -0.15) is 5.10 Å². The number of hydrogen-bond acceptors (Lipinski definition) is 8. The maximum absolute atomic E-state index is 9.55. The van der Waals surface area contributed by atoms with Crippen molar-refractivity contribution in [3.63, 3.8) is 0 Å². The van der Waals surface area contributed by atoms with Crippen LogP contribution in [0.5, 0.6) is 5.88 Å². The Bertz CT molecular complexity index is 1090. The summed E-state index contributed by atoms with van der Waals surface area (Å²) in [5, 5.41) is 32.1. The molecule has 0 bridgehead atoms. The lowest BCUT2D eigenvalue weighted by atomic mass is 10.0. The van der Waals surface area contributed by atoms with E-state index in [0.29, 0.717) is 30.7 Å². The Morgan fingerprint density at radius 2 is 1.71 bits per heavy atom. The molecule has 0 saturated carbocycles. The number of rotatable bonds is 8. The predicted molar refractivity (Wildman–Crippen MR) is 126 cm³/mol. The molecule has 0 radical (unpaired) electrons. The zero-order valence-electron chi connectivity index (χ0n) is 19.4. The van der Waals surface area contributed by atoms with Gasteiger partial charge in [0.05, 0.1) is 23.6 Å². The molecule has 4 rings (SSSR count). The minimum Gasteiger partial charge on any atom is -0.478 e. The zero-order chi connectivity index (χ0) is 25.0. The van der Waals surface area contributed by atoms with Gasteiger partial charge in [0.15, 0.2) is 0 Å². The van der Waals surface area contributed by atoms with Gasteiger partial charge >= 0.3 is 11.9 Å². The van der Waals surface area contributed by atoms with E-state index >= 15 is 0 Å². The van der Waals surface area contributed by atoms with Crippen molar-refractivity contribution in [1.82, 2.24) is 30.1 Å². The fraction of sp³-hybridized carbons (Fsp3) is 0.333. The van der Waals surface area contributed by atoms with Gasteiger partial charge in [0.25, 0.3) is 0 Å². The molecule has 1 aliphatic rings. The molecule has 0 spiro atoms. The molecule has 35 heavy (non-hydrogen) atoms. The third-order valence-corrected chi connectivity index (χ3v) is 5.31. The molecule has 0 aliphatic carbocycles. The number of likely N-dealkylation sites (tertiary alicyclic amines) is 1. The Balaban J connectivity index is 0.000000371. The third kappa shape index (κ3) is 8.63. The standard InChI is InChI=1S/C20H24N6O.C4H4O4/c1-16-7-8-20(23-22-16)27-15-19-13-21-24-26(19)18-9-11-25(12-10-18)14-17-5-3-2-4-6-17;5-3(6)1-2-4(7)8/h2-8,13,18H,9-12,14-15H2,1H3;1-2H,(H,5,6)(H,7,8)/b;2-1-. The van der Waals surface area contributed by atoms with E-state index in [1.807, 2.05) is 23.7 Å².